The van der Waals surface area contributed by atoms with Crippen LogP contribution in [-0.2, 0) is 9.47 Å². The fraction of sp³-hybridized carbons (Fsp3) is 0.250. The molecule has 0 aliphatic rings. The third-order valence-corrected chi connectivity index (χ3v) is 3.13. The zero-order valence-corrected chi connectivity index (χ0v) is 15.5. The molecule has 2 aromatic heterocycles. The molecule has 0 spiro atoms. The van der Waals surface area contributed by atoms with Gasteiger partial charge in [0.1, 0.15) is 0 Å². The number of hydrogen-bond acceptors (Lipinski definition) is 11. The molecule has 0 amide bonds. The van der Waals surface area contributed by atoms with Crippen LogP contribution in [0.25, 0.3) is 0 Å². The molecular formula is C16H18N4O8. The molecule has 150 valence electrons. The van der Waals surface area contributed by atoms with E-state index in [0.717, 1.165) is 0 Å². The number of nitro groups is 1. The van der Waals surface area contributed by atoms with E-state index in [0.29, 0.717) is 5.75 Å². The predicted octanol–water partition coefficient (Wildman–Crippen LogP) is 1.24. The number of nitrogens with zero attached hydrogens (tertiary/aromatic N) is 3. The second kappa shape index (κ2) is 10.3. The fourth-order valence-corrected chi connectivity index (χ4v) is 1.80. The van der Waals surface area contributed by atoms with Crippen molar-refractivity contribution < 1.29 is 33.5 Å². The normalized spacial score (nSPS) is 9.43. The zero-order valence-electron chi connectivity index (χ0n) is 15.5. The lowest BCUT2D eigenvalue weighted by Crippen LogP contribution is -2.06. The maximum absolute atomic E-state index is 11.0. The molecule has 12 nitrogen and oxygen atoms in total. The lowest BCUT2D eigenvalue weighted by Gasteiger charge is -2.04. The first-order valence-electron chi connectivity index (χ1n) is 7.45. The number of rotatable bonds is 5. The Hall–Kier alpha value is -3.96. The summed E-state index contributed by atoms with van der Waals surface area (Å²) in [4.78, 5) is 39.2. The first-order chi connectivity index (χ1) is 13.3. The monoisotopic (exact) mass is 394 g/mol. The molecule has 0 atom stereocenters. The summed E-state index contributed by atoms with van der Waals surface area (Å²) in [6.45, 7) is 0. The van der Waals surface area contributed by atoms with Gasteiger partial charge in [0.15, 0.2) is 17.3 Å². The molecule has 0 unspecified atom stereocenters. The van der Waals surface area contributed by atoms with Crippen molar-refractivity contribution in [3.8, 4) is 11.5 Å². The summed E-state index contributed by atoms with van der Waals surface area (Å²) < 4.78 is 18.4. The Morgan fingerprint density at radius 1 is 0.893 bits per heavy atom. The third kappa shape index (κ3) is 5.52. The van der Waals surface area contributed by atoms with E-state index >= 15 is 0 Å². The quantitative estimate of drug-likeness (QED) is 0.440. The van der Waals surface area contributed by atoms with Crippen LogP contribution in [-0.4, -0.2) is 55.3 Å². The van der Waals surface area contributed by atoms with Crippen molar-refractivity contribution in [2.75, 3.05) is 34.2 Å². The van der Waals surface area contributed by atoms with Crippen LogP contribution in [0.4, 0.5) is 11.6 Å². The van der Waals surface area contributed by atoms with E-state index < -0.39 is 22.7 Å². The van der Waals surface area contributed by atoms with E-state index in [1.807, 2.05) is 0 Å². The highest BCUT2D eigenvalue weighted by Crippen LogP contribution is 2.24. The number of aromatic nitrogens is 2. The molecule has 0 fully saturated rings. The number of esters is 2. The summed E-state index contributed by atoms with van der Waals surface area (Å²) in [5, 5.41) is 10.6. The van der Waals surface area contributed by atoms with Gasteiger partial charge >= 0.3 is 17.8 Å². The van der Waals surface area contributed by atoms with Gasteiger partial charge in [0.25, 0.3) is 5.69 Å². The Kier molecular flexibility index (Phi) is 8.09. The van der Waals surface area contributed by atoms with Crippen LogP contribution < -0.4 is 15.2 Å². The summed E-state index contributed by atoms with van der Waals surface area (Å²) >= 11 is 0. The minimum absolute atomic E-state index is 0.00680. The van der Waals surface area contributed by atoms with Crippen LogP contribution in [0, 0.1) is 10.1 Å². The second-order valence-corrected chi connectivity index (χ2v) is 4.75. The molecular weight excluding hydrogens is 376 g/mol. The minimum atomic E-state index is -0.735. The molecule has 2 rings (SSSR count). The van der Waals surface area contributed by atoms with E-state index in [-0.39, 0.29) is 23.0 Å². The average molecular weight is 394 g/mol. The highest BCUT2D eigenvalue weighted by atomic mass is 16.6. The molecule has 2 aromatic rings. The van der Waals surface area contributed by atoms with Gasteiger partial charge in [0.05, 0.1) is 28.4 Å². The summed E-state index contributed by atoms with van der Waals surface area (Å²) in [5.74, 6) is -1.17. The lowest BCUT2D eigenvalue weighted by atomic mass is 10.3. The lowest BCUT2D eigenvalue weighted by molar-refractivity contribution is -0.390. The average Bonchev–Trinajstić information content (AvgIpc) is 2.72. The summed E-state index contributed by atoms with van der Waals surface area (Å²) in [5.41, 5.74) is 5.51. The van der Waals surface area contributed by atoms with Crippen molar-refractivity contribution >= 4 is 23.6 Å². The van der Waals surface area contributed by atoms with E-state index in [9.17, 15) is 19.7 Å². The number of carbonyl (C=O) groups excluding carboxylic acids is 2. The number of hydrogen-bond donors (Lipinski definition) is 1. The highest BCUT2D eigenvalue weighted by molar-refractivity contribution is 5.88. The van der Waals surface area contributed by atoms with Gasteiger partial charge in [-0.25, -0.2) is 14.6 Å². The van der Waals surface area contributed by atoms with Crippen LogP contribution in [0.3, 0.4) is 0 Å². The van der Waals surface area contributed by atoms with E-state index in [1.165, 1.54) is 46.6 Å². The molecule has 0 radical (unpaired) electrons. The second-order valence-electron chi connectivity index (χ2n) is 4.75. The number of nitrogen functional groups attached to an aromatic ring is 1. The van der Waals surface area contributed by atoms with Gasteiger partial charge in [-0.2, -0.15) is 0 Å². The van der Waals surface area contributed by atoms with Crippen LogP contribution in [0.5, 0.6) is 11.5 Å². The van der Waals surface area contributed by atoms with E-state index in [1.54, 1.807) is 6.07 Å². The number of ether oxygens (including phenoxy) is 4. The first kappa shape index (κ1) is 22.1. The topological polar surface area (TPSA) is 166 Å². The molecule has 12 heteroatoms. The summed E-state index contributed by atoms with van der Waals surface area (Å²) in [7, 11) is 5.21. The van der Waals surface area contributed by atoms with Gasteiger partial charge in [0.2, 0.25) is 5.75 Å². The Balaban J connectivity index is 0.000000283. The largest absolute Gasteiger partial charge is 0.493 e. The summed E-state index contributed by atoms with van der Waals surface area (Å²) in [6.07, 6.45) is 0. The van der Waals surface area contributed by atoms with Gasteiger partial charge in [-0.15, -0.1) is 0 Å². The predicted molar refractivity (Wildman–Crippen MR) is 95.3 cm³/mol. The molecule has 0 saturated heterocycles. The number of nitrogens with two attached hydrogens (primary N) is 1. The molecule has 0 aliphatic carbocycles. The highest BCUT2D eigenvalue weighted by Gasteiger charge is 2.22. The van der Waals surface area contributed by atoms with Crippen molar-refractivity contribution in [2.45, 2.75) is 0 Å². The number of methoxy groups -OCH3 is 4. The van der Waals surface area contributed by atoms with Crippen LogP contribution in [0.2, 0.25) is 0 Å². The van der Waals surface area contributed by atoms with E-state index in [4.69, 9.17) is 15.2 Å². The molecule has 0 bridgehead atoms. The van der Waals surface area contributed by atoms with Crippen LogP contribution in [0.15, 0.2) is 24.3 Å². The number of pyridine rings is 2. The zero-order chi connectivity index (χ0) is 21.3. The van der Waals surface area contributed by atoms with Crippen molar-refractivity contribution in [1.82, 2.24) is 9.97 Å². The van der Waals surface area contributed by atoms with E-state index in [2.05, 4.69) is 19.4 Å². The SMILES string of the molecule is COC(=O)c1ccc(OC)c(N)n1.COC(=O)c1ccc(OC)c([N+](=O)[O-])n1. The fourth-order valence-electron chi connectivity index (χ4n) is 1.80. The smallest absolute Gasteiger partial charge is 0.407 e. The molecule has 2 heterocycles. The first-order valence-corrected chi connectivity index (χ1v) is 7.45. The molecule has 0 saturated carbocycles. The van der Waals surface area contributed by atoms with Crippen molar-refractivity contribution in [1.29, 1.82) is 0 Å². The maximum atomic E-state index is 11.0. The van der Waals surface area contributed by atoms with Gasteiger partial charge in [0, 0.05) is 6.07 Å². The van der Waals surface area contributed by atoms with Crippen LogP contribution in [0.1, 0.15) is 21.0 Å². The number of carbonyl (C=O) groups is 2. The van der Waals surface area contributed by atoms with Crippen LogP contribution >= 0.6 is 0 Å². The standard InChI is InChI=1S/C8H8N2O5.C8H10N2O3/c1-14-6-4-3-5(8(11)15-2)9-7(6)10(12)13;1-12-6-4-3-5(8(11)13-2)10-7(6)9/h3-4H,1-2H3;3-4H,1-2H3,(H2,9,10). The molecule has 0 aliphatic heterocycles. The Bertz CT molecular complexity index is 872. The van der Waals surface area contributed by atoms with Crippen molar-refractivity contribution in [3.63, 3.8) is 0 Å². The van der Waals surface area contributed by atoms with Gasteiger partial charge in [-0.3, -0.25) is 0 Å². The molecule has 0 aromatic carbocycles. The van der Waals surface area contributed by atoms with Gasteiger partial charge < -0.3 is 34.8 Å². The minimum Gasteiger partial charge on any atom is -0.493 e. The van der Waals surface area contributed by atoms with Crippen molar-refractivity contribution in [3.05, 3.63) is 45.8 Å². The van der Waals surface area contributed by atoms with Gasteiger partial charge in [-0.1, -0.05) is 0 Å². The molecule has 28 heavy (non-hydrogen) atoms. The number of anilines is 1. The maximum Gasteiger partial charge on any atom is 0.407 e. The summed E-state index contributed by atoms with van der Waals surface area (Å²) in [6, 6.07) is 5.63. The van der Waals surface area contributed by atoms with Gasteiger partial charge in [-0.05, 0) is 28.1 Å². The Morgan fingerprint density at radius 3 is 1.75 bits per heavy atom. The third-order valence-electron chi connectivity index (χ3n) is 3.13. The Labute approximate surface area is 159 Å². The van der Waals surface area contributed by atoms with Crippen molar-refractivity contribution in [2.24, 2.45) is 0 Å². The molecule has 2 N–H and O–H groups in total. The Morgan fingerprint density at radius 2 is 1.36 bits per heavy atom.